The molecular formula is C16H31NO2. The molecule has 1 aliphatic heterocycles. The molecule has 3 heteroatoms. The van der Waals surface area contributed by atoms with Crippen LogP contribution in [0.2, 0.25) is 0 Å². The molecule has 0 bridgehead atoms. The lowest BCUT2D eigenvalue weighted by molar-refractivity contribution is -0.0953. The maximum Gasteiger partial charge on any atom is 0.0685 e. The van der Waals surface area contributed by atoms with Crippen LogP contribution >= 0.6 is 0 Å². The molecule has 1 spiro atoms. The molecule has 0 aromatic heterocycles. The van der Waals surface area contributed by atoms with Crippen LogP contribution in [0.5, 0.6) is 0 Å². The zero-order valence-electron chi connectivity index (χ0n) is 12.7. The van der Waals surface area contributed by atoms with Crippen LogP contribution in [0.15, 0.2) is 0 Å². The SMILES string of the molecule is COCCNCC(C)CC1CCOC2(CCCC2)C1. The first-order valence-corrected chi connectivity index (χ1v) is 8.08. The van der Waals surface area contributed by atoms with E-state index in [-0.39, 0.29) is 5.60 Å². The van der Waals surface area contributed by atoms with Gasteiger partial charge in [-0.1, -0.05) is 19.8 Å². The van der Waals surface area contributed by atoms with Crippen molar-refractivity contribution in [3.8, 4) is 0 Å². The first kappa shape index (κ1) is 15.3. The van der Waals surface area contributed by atoms with Crippen LogP contribution < -0.4 is 5.32 Å². The van der Waals surface area contributed by atoms with E-state index < -0.39 is 0 Å². The Hall–Kier alpha value is -0.120. The van der Waals surface area contributed by atoms with Gasteiger partial charge in [-0.3, -0.25) is 0 Å². The molecule has 0 radical (unpaired) electrons. The molecule has 19 heavy (non-hydrogen) atoms. The van der Waals surface area contributed by atoms with Crippen molar-refractivity contribution < 1.29 is 9.47 Å². The fourth-order valence-corrected chi connectivity index (χ4v) is 3.87. The highest BCUT2D eigenvalue weighted by Crippen LogP contribution is 2.43. The van der Waals surface area contributed by atoms with Gasteiger partial charge in [0.05, 0.1) is 12.2 Å². The van der Waals surface area contributed by atoms with E-state index in [0.29, 0.717) is 0 Å². The normalized spacial score (nSPS) is 27.8. The minimum atomic E-state index is 0.284. The summed E-state index contributed by atoms with van der Waals surface area (Å²) in [6.45, 7) is 6.27. The second-order valence-corrected chi connectivity index (χ2v) is 6.64. The summed E-state index contributed by atoms with van der Waals surface area (Å²) >= 11 is 0. The molecule has 3 nitrogen and oxygen atoms in total. The third-order valence-electron chi connectivity index (χ3n) is 4.82. The predicted octanol–water partition coefficient (Wildman–Crippen LogP) is 2.99. The van der Waals surface area contributed by atoms with E-state index in [0.717, 1.165) is 38.1 Å². The van der Waals surface area contributed by atoms with Gasteiger partial charge >= 0.3 is 0 Å². The number of nitrogens with one attached hydrogen (secondary N) is 1. The number of hydrogen-bond donors (Lipinski definition) is 1. The smallest absolute Gasteiger partial charge is 0.0685 e. The molecule has 1 saturated heterocycles. The molecule has 1 heterocycles. The van der Waals surface area contributed by atoms with Gasteiger partial charge in [-0.15, -0.1) is 0 Å². The average Bonchev–Trinajstić information content (AvgIpc) is 2.83. The highest BCUT2D eigenvalue weighted by Gasteiger charge is 2.39. The van der Waals surface area contributed by atoms with Crippen molar-refractivity contribution in [2.75, 3.05) is 33.4 Å². The fraction of sp³-hybridized carbons (Fsp3) is 1.00. The van der Waals surface area contributed by atoms with Gasteiger partial charge in [0.2, 0.25) is 0 Å². The largest absolute Gasteiger partial charge is 0.383 e. The Morgan fingerprint density at radius 3 is 2.89 bits per heavy atom. The van der Waals surface area contributed by atoms with Gasteiger partial charge in [-0.2, -0.15) is 0 Å². The average molecular weight is 269 g/mol. The summed E-state index contributed by atoms with van der Waals surface area (Å²) in [5.41, 5.74) is 0.284. The van der Waals surface area contributed by atoms with E-state index in [2.05, 4.69) is 12.2 Å². The molecule has 0 amide bonds. The van der Waals surface area contributed by atoms with Crippen molar-refractivity contribution in [3.05, 3.63) is 0 Å². The maximum atomic E-state index is 6.12. The molecule has 1 N–H and O–H groups in total. The second kappa shape index (κ2) is 7.61. The summed E-state index contributed by atoms with van der Waals surface area (Å²) in [6, 6.07) is 0. The van der Waals surface area contributed by atoms with E-state index >= 15 is 0 Å². The van der Waals surface area contributed by atoms with Crippen LogP contribution in [-0.4, -0.2) is 39.0 Å². The lowest BCUT2D eigenvalue weighted by atomic mass is 9.80. The van der Waals surface area contributed by atoms with Crippen LogP contribution in [0.4, 0.5) is 0 Å². The first-order chi connectivity index (χ1) is 9.24. The molecule has 1 saturated carbocycles. The van der Waals surface area contributed by atoms with Gasteiger partial charge in [0.1, 0.15) is 0 Å². The quantitative estimate of drug-likeness (QED) is 0.721. The number of ether oxygens (including phenoxy) is 2. The minimum absolute atomic E-state index is 0.284. The Morgan fingerprint density at radius 2 is 2.16 bits per heavy atom. The van der Waals surface area contributed by atoms with E-state index in [1.165, 1.54) is 44.9 Å². The van der Waals surface area contributed by atoms with E-state index in [4.69, 9.17) is 9.47 Å². The Bertz CT molecular complexity index is 251. The van der Waals surface area contributed by atoms with Gasteiger partial charge in [-0.25, -0.2) is 0 Å². The Labute approximate surface area is 118 Å². The summed E-state index contributed by atoms with van der Waals surface area (Å²) < 4.78 is 11.2. The van der Waals surface area contributed by atoms with Gasteiger partial charge in [0.25, 0.3) is 0 Å². The molecule has 2 rings (SSSR count). The zero-order chi connectivity index (χ0) is 13.6. The lowest BCUT2D eigenvalue weighted by Crippen LogP contribution is -2.38. The standard InChI is InChI=1S/C16H31NO2/c1-14(13-17-8-10-18-2)11-15-5-9-19-16(12-15)6-3-4-7-16/h14-15,17H,3-13H2,1-2H3. The molecule has 2 aliphatic rings. The second-order valence-electron chi connectivity index (χ2n) is 6.64. The Kier molecular flexibility index (Phi) is 6.11. The van der Waals surface area contributed by atoms with Crippen LogP contribution in [0, 0.1) is 11.8 Å². The highest BCUT2D eigenvalue weighted by molar-refractivity contribution is 4.91. The summed E-state index contributed by atoms with van der Waals surface area (Å²) in [6.07, 6.45) is 9.31. The predicted molar refractivity (Wildman–Crippen MR) is 78.4 cm³/mol. The molecule has 0 aromatic carbocycles. The summed E-state index contributed by atoms with van der Waals surface area (Å²) in [5, 5.41) is 3.48. The molecule has 2 atom stereocenters. The Morgan fingerprint density at radius 1 is 1.37 bits per heavy atom. The fourth-order valence-electron chi connectivity index (χ4n) is 3.87. The molecule has 2 unspecified atom stereocenters. The van der Waals surface area contributed by atoms with E-state index in [1.807, 2.05) is 0 Å². The molecular weight excluding hydrogens is 238 g/mol. The van der Waals surface area contributed by atoms with E-state index in [1.54, 1.807) is 7.11 Å². The number of rotatable bonds is 7. The Balaban J connectivity index is 1.67. The van der Waals surface area contributed by atoms with Crippen molar-refractivity contribution >= 4 is 0 Å². The van der Waals surface area contributed by atoms with Crippen molar-refractivity contribution in [3.63, 3.8) is 0 Å². The molecule has 112 valence electrons. The van der Waals surface area contributed by atoms with Gasteiger partial charge in [0.15, 0.2) is 0 Å². The van der Waals surface area contributed by atoms with Gasteiger partial charge in [0, 0.05) is 20.3 Å². The van der Waals surface area contributed by atoms with E-state index in [9.17, 15) is 0 Å². The summed E-state index contributed by atoms with van der Waals surface area (Å²) in [4.78, 5) is 0. The van der Waals surface area contributed by atoms with Gasteiger partial charge in [-0.05, 0) is 50.5 Å². The lowest BCUT2D eigenvalue weighted by Gasteiger charge is -2.39. The van der Waals surface area contributed by atoms with Crippen LogP contribution in [-0.2, 0) is 9.47 Å². The minimum Gasteiger partial charge on any atom is -0.383 e. The number of hydrogen-bond acceptors (Lipinski definition) is 3. The third-order valence-corrected chi connectivity index (χ3v) is 4.82. The van der Waals surface area contributed by atoms with Crippen molar-refractivity contribution in [2.45, 2.75) is 57.5 Å². The van der Waals surface area contributed by atoms with Crippen LogP contribution in [0.1, 0.15) is 51.9 Å². The number of methoxy groups -OCH3 is 1. The summed E-state index contributed by atoms with van der Waals surface area (Å²) in [7, 11) is 1.76. The molecule has 2 fully saturated rings. The third kappa shape index (κ3) is 4.73. The highest BCUT2D eigenvalue weighted by atomic mass is 16.5. The molecule has 1 aliphatic carbocycles. The molecule has 0 aromatic rings. The van der Waals surface area contributed by atoms with Crippen molar-refractivity contribution in [1.82, 2.24) is 5.32 Å². The zero-order valence-corrected chi connectivity index (χ0v) is 12.7. The topological polar surface area (TPSA) is 30.5 Å². The van der Waals surface area contributed by atoms with Crippen molar-refractivity contribution in [1.29, 1.82) is 0 Å². The van der Waals surface area contributed by atoms with Crippen molar-refractivity contribution in [2.24, 2.45) is 11.8 Å². The van der Waals surface area contributed by atoms with Crippen LogP contribution in [0.3, 0.4) is 0 Å². The van der Waals surface area contributed by atoms with Crippen LogP contribution in [0.25, 0.3) is 0 Å². The van der Waals surface area contributed by atoms with Gasteiger partial charge < -0.3 is 14.8 Å². The first-order valence-electron chi connectivity index (χ1n) is 8.08. The maximum absolute atomic E-state index is 6.12. The summed E-state index contributed by atoms with van der Waals surface area (Å²) in [5.74, 6) is 1.64. The monoisotopic (exact) mass is 269 g/mol.